The topological polar surface area (TPSA) is 71.1 Å². The SMILES string of the molecule is CCOC(=O)CO[C@]1(c2ccccc2)c2ccccc2[C@@]1(OCC(=O)OCC)c1ccccc1. The van der Waals surface area contributed by atoms with E-state index in [1.165, 1.54) is 0 Å². The number of carbonyl (C=O) groups is 2. The lowest BCUT2D eigenvalue weighted by Crippen LogP contribution is -2.63. The van der Waals surface area contributed by atoms with Crippen molar-refractivity contribution in [3.8, 4) is 0 Å². The van der Waals surface area contributed by atoms with Crippen molar-refractivity contribution in [2.24, 2.45) is 0 Å². The number of benzene rings is 3. The van der Waals surface area contributed by atoms with Crippen molar-refractivity contribution in [2.75, 3.05) is 26.4 Å². The second kappa shape index (κ2) is 10.2. The zero-order valence-electron chi connectivity index (χ0n) is 19.4. The molecule has 0 heterocycles. The van der Waals surface area contributed by atoms with E-state index in [-0.39, 0.29) is 26.4 Å². The maximum Gasteiger partial charge on any atom is 0.332 e. The van der Waals surface area contributed by atoms with Gasteiger partial charge in [0.25, 0.3) is 0 Å². The number of ether oxygens (including phenoxy) is 4. The predicted octanol–water partition coefficient (Wildman–Crippen LogP) is 4.35. The van der Waals surface area contributed by atoms with E-state index >= 15 is 0 Å². The lowest BCUT2D eigenvalue weighted by molar-refractivity contribution is -0.216. The smallest absolute Gasteiger partial charge is 0.332 e. The zero-order valence-corrected chi connectivity index (χ0v) is 19.4. The van der Waals surface area contributed by atoms with Crippen LogP contribution in [0.25, 0.3) is 0 Å². The van der Waals surface area contributed by atoms with Gasteiger partial charge in [-0.15, -0.1) is 0 Å². The van der Waals surface area contributed by atoms with Crippen LogP contribution in [-0.4, -0.2) is 38.4 Å². The van der Waals surface area contributed by atoms with Crippen molar-refractivity contribution in [3.05, 3.63) is 107 Å². The monoisotopic (exact) mass is 460 g/mol. The normalized spacial score (nSPS) is 20.6. The van der Waals surface area contributed by atoms with E-state index in [1.807, 2.05) is 84.9 Å². The standard InChI is InChI=1S/C28H28O6/c1-3-31-25(29)19-33-27(21-13-7-5-8-14-21)23-17-11-12-18-24(23)28(27,22-15-9-6-10-16-22)34-20-26(30)32-4-2/h5-18H,3-4,19-20H2,1-2H3/t27-,28+. The number of fused-ring (bicyclic) bond motifs is 1. The van der Waals surface area contributed by atoms with Crippen LogP contribution in [0.2, 0.25) is 0 Å². The van der Waals surface area contributed by atoms with Crippen LogP contribution in [0.5, 0.6) is 0 Å². The van der Waals surface area contributed by atoms with Crippen LogP contribution in [0.1, 0.15) is 36.1 Å². The molecule has 0 unspecified atom stereocenters. The van der Waals surface area contributed by atoms with Crippen LogP contribution in [-0.2, 0) is 39.7 Å². The van der Waals surface area contributed by atoms with Gasteiger partial charge in [-0.3, -0.25) is 0 Å². The van der Waals surface area contributed by atoms with Crippen molar-refractivity contribution in [3.63, 3.8) is 0 Å². The Labute approximate surface area is 199 Å². The number of esters is 2. The quantitative estimate of drug-likeness (QED) is 0.419. The van der Waals surface area contributed by atoms with Crippen molar-refractivity contribution >= 4 is 11.9 Å². The molecule has 0 saturated carbocycles. The van der Waals surface area contributed by atoms with E-state index in [4.69, 9.17) is 18.9 Å². The molecule has 0 fully saturated rings. The van der Waals surface area contributed by atoms with Gasteiger partial charge in [-0.25, -0.2) is 9.59 Å². The lowest BCUT2D eigenvalue weighted by atomic mass is 9.55. The van der Waals surface area contributed by atoms with Gasteiger partial charge in [0.15, 0.2) is 11.2 Å². The van der Waals surface area contributed by atoms with Gasteiger partial charge < -0.3 is 18.9 Å². The Kier molecular flexibility index (Phi) is 7.10. The highest BCUT2D eigenvalue weighted by Crippen LogP contribution is 2.64. The van der Waals surface area contributed by atoms with Crippen molar-refractivity contribution in [2.45, 2.75) is 25.0 Å². The highest BCUT2D eigenvalue weighted by Gasteiger charge is 2.68. The first kappa shape index (κ1) is 23.7. The molecule has 3 aromatic carbocycles. The van der Waals surface area contributed by atoms with E-state index in [0.29, 0.717) is 0 Å². The molecule has 6 heteroatoms. The average Bonchev–Trinajstić information content (AvgIpc) is 2.86. The number of rotatable bonds is 10. The molecule has 0 aliphatic heterocycles. The first-order valence-corrected chi connectivity index (χ1v) is 11.4. The van der Waals surface area contributed by atoms with Gasteiger partial charge in [0.1, 0.15) is 13.2 Å². The predicted molar refractivity (Wildman–Crippen MR) is 126 cm³/mol. The van der Waals surface area contributed by atoms with Gasteiger partial charge >= 0.3 is 11.9 Å². The molecule has 0 aromatic heterocycles. The Bertz CT molecular complexity index is 1040. The summed E-state index contributed by atoms with van der Waals surface area (Å²) >= 11 is 0. The molecule has 176 valence electrons. The van der Waals surface area contributed by atoms with Crippen LogP contribution in [0, 0.1) is 0 Å². The molecule has 0 saturated heterocycles. The summed E-state index contributed by atoms with van der Waals surface area (Å²) < 4.78 is 23.3. The number of hydrogen-bond donors (Lipinski definition) is 0. The molecule has 34 heavy (non-hydrogen) atoms. The fourth-order valence-electron chi connectivity index (χ4n) is 4.74. The van der Waals surface area contributed by atoms with Gasteiger partial charge in [0.05, 0.1) is 13.2 Å². The summed E-state index contributed by atoms with van der Waals surface area (Å²) in [5, 5.41) is 0. The summed E-state index contributed by atoms with van der Waals surface area (Å²) in [7, 11) is 0. The van der Waals surface area contributed by atoms with Gasteiger partial charge in [0.2, 0.25) is 0 Å². The molecule has 0 radical (unpaired) electrons. The van der Waals surface area contributed by atoms with Crippen molar-refractivity contribution in [1.29, 1.82) is 0 Å². The third-order valence-electron chi connectivity index (χ3n) is 5.97. The second-order valence-corrected chi connectivity index (χ2v) is 7.83. The lowest BCUT2D eigenvalue weighted by Gasteiger charge is -2.59. The van der Waals surface area contributed by atoms with Gasteiger partial charge in [0, 0.05) is 0 Å². The van der Waals surface area contributed by atoms with Crippen molar-refractivity contribution < 1.29 is 28.5 Å². The number of hydrogen-bond acceptors (Lipinski definition) is 6. The van der Waals surface area contributed by atoms with Crippen LogP contribution >= 0.6 is 0 Å². The summed E-state index contributed by atoms with van der Waals surface area (Å²) in [5.74, 6) is -0.955. The third-order valence-corrected chi connectivity index (χ3v) is 5.97. The average molecular weight is 461 g/mol. The molecule has 1 aliphatic carbocycles. The van der Waals surface area contributed by atoms with Gasteiger partial charge in [-0.05, 0) is 36.1 Å². The Hall–Kier alpha value is -3.48. The highest BCUT2D eigenvalue weighted by molar-refractivity contribution is 5.73. The molecule has 2 atom stereocenters. The van der Waals surface area contributed by atoms with Crippen LogP contribution < -0.4 is 0 Å². The van der Waals surface area contributed by atoms with E-state index in [2.05, 4.69) is 0 Å². The Balaban J connectivity index is 1.93. The maximum absolute atomic E-state index is 12.4. The maximum atomic E-state index is 12.4. The Morgan fingerprint density at radius 2 is 0.941 bits per heavy atom. The van der Waals surface area contributed by atoms with E-state index in [1.54, 1.807) is 13.8 Å². The van der Waals surface area contributed by atoms with Crippen LogP contribution in [0.4, 0.5) is 0 Å². The molecule has 0 bridgehead atoms. The molecule has 6 nitrogen and oxygen atoms in total. The van der Waals surface area contributed by atoms with Gasteiger partial charge in [-0.1, -0.05) is 84.9 Å². The van der Waals surface area contributed by atoms with Crippen LogP contribution in [0.3, 0.4) is 0 Å². The molecule has 0 N–H and O–H groups in total. The highest BCUT2D eigenvalue weighted by atomic mass is 16.6. The largest absolute Gasteiger partial charge is 0.464 e. The summed E-state index contributed by atoms with van der Waals surface area (Å²) in [6, 6.07) is 27.0. The summed E-state index contributed by atoms with van der Waals surface area (Å²) in [6.45, 7) is 3.43. The van der Waals surface area contributed by atoms with E-state index in [0.717, 1.165) is 22.3 Å². The molecule has 0 spiro atoms. The summed E-state index contributed by atoms with van der Waals surface area (Å²) in [4.78, 5) is 24.8. The molecule has 1 aliphatic rings. The minimum absolute atomic E-state index is 0.250. The fraction of sp³-hybridized carbons (Fsp3) is 0.286. The van der Waals surface area contributed by atoms with E-state index < -0.39 is 23.1 Å². The Morgan fingerprint density at radius 1 is 0.588 bits per heavy atom. The third kappa shape index (κ3) is 3.89. The fourth-order valence-corrected chi connectivity index (χ4v) is 4.74. The first-order chi connectivity index (χ1) is 16.6. The second-order valence-electron chi connectivity index (χ2n) is 7.83. The van der Waals surface area contributed by atoms with Crippen molar-refractivity contribution in [1.82, 2.24) is 0 Å². The first-order valence-electron chi connectivity index (χ1n) is 11.4. The van der Waals surface area contributed by atoms with E-state index in [9.17, 15) is 9.59 Å². The molecule has 0 amide bonds. The minimum Gasteiger partial charge on any atom is -0.464 e. The molecular formula is C28H28O6. The molecule has 4 rings (SSSR count). The Morgan fingerprint density at radius 3 is 1.29 bits per heavy atom. The summed E-state index contributed by atoms with van der Waals surface area (Å²) in [5.41, 5.74) is 0.907. The van der Waals surface area contributed by atoms with Gasteiger partial charge in [-0.2, -0.15) is 0 Å². The zero-order chi connectivity index (χ0) is 24.0. The minimum atomic E-state index is -1.20. The van der Waals surface area contributed by atoms with Crippen LogP contribution in [0.15, 0.2) is 84.9 Å². The summed E-state index contributed by atoms with van der Waals surface area (Å²) in [6.07, 6.45) is 0. The molecule has 3 aromatic rings. The number of carbonyl (C=O) groups excluding carboxylic acids is 2. The molecular weight excluding hydrogens is 432 g/mol.